The molecular weight excluding hydrogens is 527 g/mol. The van der Waals surface area contributed by atoms with Crippen LogP contribution < -0.4 is 14.2 Å². The Hall–Kier alpha value is -3.16. The van der Waals surface area contributed by atoms with Crippen molar-refractivity contribution in [3.05, 3.63) is 87.7 Å². The number of nitrogens with one attached hydrogen (secondary N) is 1. The van der Waals surface area contributed by atoms with Crippen LogP contribution in [0.4, 0.5) is 5.69 Å². The first-order chi connectivity index (χ1) is 16.4. The van der Waals surface area contributed by atoms with E-state index >= 15 is 0 Å². The van der Waals surface area contributed by atoms with Gasteiger partial charge in [0.1, 0.15) is 6.07 Å². The van der Waals surface area contributed by atoms with E-state index in [2.05, 4.69) is 4.72 Å². The maximum atomic E-state index is 13.4. The number of rotatable bonds is 7. The Balaban J connectivity index is 2.21. The molecule has 3 aromatic rings. The number of nitrogens with zero attached hydrogens (tertiary/aromatic N) is 3. The molecule has 1 aromatic heterocycles. The highest BCUT2D eigenvalue weighted by atomic mass is 35.5. The first kappa shape index (κ1) is 26.4. The molecule has 0 aliphatic rings. The predicted octanol–water partition coefficient (Wildman–Crippen LogP) is 4.11. The second kappa shape index (κ2) is 10.6. The van der Waals surface area contributed by atoms with Gasteiger partial charge in [-0.15, -0.1) is 0 Å². The van der Waals surface area contributed by atoms with Gasteiger partial charge in [0.05, 0.1) is 17.3 Å². The SMILES string of the molecule is Cc1cc(S(=O)(=O)N/C(=C(\C#N)C(=O)c2ccc(Cl)cc2)[n+]2ccc(N(C)C)cc2)c([S-])cc1Cl. The molecule has 180 valence electrons. The van der Waals surface area contributed by atoms with Crippen LogP contribution in [0.1, 0.15) is 15.9 Å². The number of Topliss-reactive ketones (excluding diaryl/α,β-unsaturated/α-hetero) is 1. The van der Waals surface area contributed by atoms with E-state index in [1.165, 1.54) is 41.0 Å². The Morgan fingerprint density at radius 1 is 1.09 bits per heavy atom. The summed E-state index contributed by atoms with van der Waals surface area (Å²) < 4.78 is 30.5. The number of allylic oxidation sites excluding steroid dienone is 1. The Morgan fingerprint density at radius 3 is 2.23 bits per heavy atom. The number of pyridine rings is 1. The standard InChI is InChI=1S/C24H20Cl2N4O3S2/c1-15-12-22(21(34)13-20(15)26)35(32,33)28-24(30-10-8-18(9-11-30)29(2)3)19(14-27)23(31)16-4-6-17(25)7-5-16/h4-13H,1-3H3,(H-,28,31,34). The van der Waals surface area contributed by atoms with Crippen molar-refractivity contribution in [3.63, 3.8) is 0 Å². The highest BCUT2D eigenvalue weighted by Gasteiger charge is 2.31. The monoisotopic (exact) mass is 546 g/mol. The molecule has 0 saturated carbocycles. The van der Waals surface area contributed by atoms with Gasteiger partial charge in [-0.05, 0) is 42.8 Å². The lowest BCUT2D eigenvalue weighted by atomic mass is 10.0. The molecule has 35 heavy (non-hydrogen) atoms. The fourth-order valence-corrected chi connectivity index (χ4v) is 5.17. The third kappa shape index (κ3) is 5.92. The molecule has 1 heterocycles. The lowest BCUT2D eigenvalue weighted by Gasteiger charge is -2.16. The number of halogens is 2. The summed E-state index contributed by atoms with van der Waals surface area (Å²) in [6, 6.07) is 13.9. The van der Waals surface area contributed by atoms with E-state index < -0.39 is 21.4 Å². The fraction of sp³-hybridized carbons (Fsp3) is 0.125. The first-order valence-corrected chi connectivity index (χ1v) is 12.7. The van der Waals surface area contributed by atoms with Gasteiger partial charge in [0.25, 0.3) is 0 Å². The smallest absolute Gasteiger partial charge is 0.327 e. The second-order valence-electron chi connectivity index (χ2n) is 7.68. The number of aryl methyl sites for hydroxylation is 1. The van der Waals surface area contributed by atoms with Crippen molar-refractivity contribution in [3.8, 4) is 6.07 Å². The van der Waals surface area contributed by atoms with Crippen molar-refractivity contribution in [2.45, 2.75) is 16.7 Å². The molecule has 0 amide bonds. The summed E-state index contributed by atoms with van der Waals surface area (Å²) in [4.78, 5) is 14.9. The van der Waals surface area contributed by atoms with E-state index in [1.54, 1.807) is 31.5 Å². The van der Waals surface area contributed by atoms with Crippen molar-refractivity contribution in [1.82, 2.24) is 4.72 Å². The predicted molar refractivity (Wildman–Crippen MR) is 138 cm³/mol. The molecule has 11 heteroatoms. The Bertz CT molecular complexity index is 1460. The van der Waals surface area contributed by atoms with Crippen LogP contribution in [0.5, 0.6) is 0 Å². The Kier molecular flexibility index (Phi) is 8.03. The molecule has 3 rings (SSSR count). The lowest BCUT2D eigenvalue weighted by Crippen LogP contribution is -2.43. The fourth-order valence-electron chi connectivity index (χ4n) is 3.08. The third-order valence-electron chi connectivity index (χ3n) is 5.01. The summed E-state index contributed by atoms with van der Waals surface area (Å²) in [6.07, 6.45) is 3.09. The van der Waals surface area contributed by atoms with Gasteiger partial charge in [-0.1, -0.05) is 29.3 Å². The van der Waals surface area contributed by atoms with Crippen LogP contribution in [0.2, 0.25) is 10.0 Å². The molecule has 0 bridgehead atoms. The van der Waals surface area contributed by atoms with Crippen molar-refractivity contribution in [1.29, 1.82) is 5.26 Å². The highest BCUT2D eigenvalue weighted by Crippen LogP contribution is 2.25. The number of carbonyl (C=O) groups excluding carboxylic acids is 1. The van der Waals surface area contributed by atoms with E-state index in [-0.39, 0.29) is 21.2 Å². The minimum atomic E-state index is -4.31. The largest absolute Gasteiger partial charge is 0.778 e. The maximum absolute atomic E-state index is 13.4. The molecule has 0 radical (unpaired) electrons. The quantitative estimate of drug-likeness (QED) is 0.157. The maximum Gasteiger partial charge on any atom is 0.327 e. The van der Waals surface area contributed by atoms with Crippen LogP contribution in [0.15, 0.2) is 76.3 Å². The number of hydrogen-bond acceptors (Lipinski definition) is 6. The number of nitriles is 1. The molecule has 1 N–H and O–H groups in total. The van der Waals surface area contributed by atoms with Gasteiger partial charge < -0.3 is 17.5 Å². The zero-order chi connectivity index (χ0) is 25.9. The van der Waals surface area contributed by atoms with Gasteiger partial charge in [-0.3, -0.25) is 4.79 Å². The van der Waals surface area contributed by atoms with Crippen LogP contribution in [0.3, 0.4) is 0 Å². The van der Waals surface area contributed by atoms with Gasteiger partial charge in [0.15, 0.2) is 5.57 Å². The van der Waals surface area contributed by atoms with E-state index in [9.17, 15) is 18.5 Å². The van der Waals surface area contributed by atoms with Crippen molar-refractivity contribution < 1.29 is 17.8 Å². The normalized spacial score (nSPS) is 11.9. The van der Waals surface area contributed by atoms with E-state index in [0.717, 1.165) is 5.69 Å². The minimum Gasteiger partial charge on any atom is -0.778 e. The number of benzene rings is 2. The number of hydrogen-bond donors (Lipinski definition) is 1. The zero-order valence-corrected chi connectivity index (χ0v) is 22.1. The minimum absolute atomic E-state index is 0.00272. The Labute approximate surface area is 219 Å². The van der Waals surface area contributed by atoms with E-state index in [1.807, 2.05) is 25.1 Å². The molecule has 2 aromatic carbocycles. The van der Waals surface area contributed by atoms with E-state index in [0.29, 0.717) is 15.6 Å². The molecule has 0 atom stereocenters. The summed E-state index contributed by atoms with van der Waals surface area (Å²) in [5, 5.41) is 10.7. The van der Waals surface area contributed by atoms with Crippen LogP contribution in [-0.2, 0) is 22.7 Å². The molecule has 0 unspecified atom stereocenters. The van der Waals surface area contributed by atoms with Crippen molar-refractivity contribution in [2.24, 2.45) is 0 Å². The number of carbonyl (C=O) groups is 1. The summed E-state index contributed by atoms with van der Waals surface area (Å²) >= 11 is 17.2. The van der Waals surface area contributed by atoms with Crippen molar-refractivity contribution >= 4 is 63.1 Å². The van der Waals surface area contributed by atoms with Crippen LogP contribution >= 0.6 is 23.2 Å². The lowest BCUT2D eigenvalue weighted by molar-refractivity contribution is -0.584. The molecule has 0 saturated heterocycles. The van der Waals surface area contributed by atoms with Crippen LogP contribution in [-0.4, -0.2) is 28.3 Å². The van der Waals surface area contributed by atoms with E-state index in [4.69, 9.17) is 35.8 Å². The highest BCUT2D eigenvalue weighted by molar-refractivity contribution is 7.90. The number of ketones is 1. The average Bonchev–Trinajstić information content (AvgIpc) is 2.81. The van der Waals surface area contributed by atoms with Gasteiger partial charge in [-0.2, -0.15) is 23.3 Å². The molecule has 0 spiro atoms. The second-order valence-corrected chi connectivity index (χ2v) is 10.6. The van der Waals surface area contributed by atoms with Gasteiger partial charge in [-0.25, -0.2) is 4.57 Å². The molecule has 0 aliphatic carbocycles. The number of aromatic nitrogens is 1. The average molecular weight is 547 g/mol. The Morgan fingerprint density at radius 2 is 1.69 bits per heavy atom. The van der Waals surface area contributed by atoms with Gasteiger partial charge in [0.2, 0.25) is 5.78 Å². The number of anilines is 1. The molecule has 0 aliphatic heterocycles. The molecule has 0 fully saturated rings. The third-order valence-corrected chi connectivity index (χ3v) is 7.52. The van der Waals surface area contributed by atoms with Gasteiger partial charge in [0, 0.05) is 47.5 Å². The summed E-state index contributed by atoms with van der Waals surface area (Å²) in [6.45, 7) is 1.65. The molecule has 7 nitrogen and oxygen atoms in total. The van der Waals surface area contributed by atoms with Gasteiger partial charge >= 0.3 is 15.8 Å². The zero-order valence-electron chi connectivity index (χ0n) is 18.9. The summed E-state index contributed by atoms with van der Waals surface area (Å²) in [5.74, 6) is -0.934. The van der Waals surface area contributed by atoms with Crippen molar-refractivity contribution in [2.75, 3.05) is 19.0 Å². The van der Waals surface area contributed by atoms with Crippen LogP contribution in [0.25, 0.3) is 5.82 Å². The number of sulfonamides is 1. The van der Waals surface area contributed by atoms with Crippen LogP contribution in [0, 0.1) is 18.3 Å². The summed E-state index contributed by atoms with van der Waals surface area (Å²) in [7, 11) is -0.618. The first-order valence-electron chi connectivity index (χ1n) is 10.1. The summed E-state index contributed by atoms with van der Waals surface area (Å²) in [5.41, 5.74) is 1.08. The molecular formula is C24H20Cl2N4O3S2. The topological polar surface area (TPSA) is 94.1 Å².